The first-order chi connectivity index (χ1) is 7.84. The monoisotopic (exact) mass is 226 g/mol. The third-order valence-electron chi connectivity index (χ3n) is 4.99. The largest absolute Gasteiger partial charge is 0.230 e. The molecule has 4 heteroatoms. The van der Waals surface area contributed by atoms with Gasteiger partial charge >= 0.3 is 0 Å². The molecule has 4 nitrogen and oxygen atoms in total. The van der Waals surface area contributed by atoms with E-state index >= 15 is 0 Å². The van der Waals surface area contributed by atoms with Crippen molar-refractivity contribution >= 4 is 0 Å². The van der Waals surface area contributed by atoms with Crippen LogP contribution >= 0.6 is 0 Å². The number of rotatable bonds is 1. The molecule has 1 heterocycles. The highest BCUT2D eigenvalue weighted by Crippen LogP contribution is 2.62. The van der Waals surface area contributed by atoms with Crippen LogP contribution in [0.4, 0.5) is 0 Å². The molecular weight excluding hydrogens is 208 g/mol. The van der Waals surface area contributed by atoms with E-state index in [0.29, 0.717) is 0 Å². The van der Waals surface area contributed by atoms with Gasteiger partial charge in [-0.05, 0) is 56.3 Å². The van der Waals surface area contributed by atoms with E-state index < -0.39 is 0 Å². The summed E-state index contributed by atoms with van der Waals surface area (Å²) in [7, 11) is 0. The van der Waals surface area contributed by atoms with Crippen LogP contribution in [0.1, 0.15) is 38.5 Å². The predicted molar refractivity (Wildman–Crippen MR) is 53.6 cm³/mol. The predicted octanol–water partition coefficient (Wildman–Crippen LogP) is 2.40. The molecular formula is C12H18O4. The Kier molecular flexibility index (Phi) is 2.10. The summed E-state index contributed by atoms with van der Waals surface area (Å²) in [5.74, 6) is 2.67. The van der Waals surface area contributed by atoms with Crippen LogP contribution in [0.25, 0.3) is 0 Å². The van der Waals surface area contributed by atoms with Crippen LogP contribution in [0, 0.1) is 23.2 Å². The minimum atomic E-state index is -0.297. The van der Waals surface area contributed by atoms with E-state index in [9.17, 15) is 0 Å². The first-order valence-corrected chi connectivity index (χ1v) is 6.41. The van der Waals surface area contributed by atoms with Gasteiger partial charge < -0.3 is 0 Å². The van der Waals surface area contributed by atoms with E-state index in [0.717, 1.165) is 17.8 Å². The molecule has 0 N–H and O–H groups in total. The fourth-order valence-electron chi connectivity index (χ4n) is 4.89. The van der Waals surface area contributed by atoms with Crippen LogP contribution in [0.15, 0.2) is 0 Å². The maximum absolute atomic E-state index is 5.32. The highest BCUT2D eigenvalue weighted by molar-refractivity contribution is 5.02. The van der Waals surface area contributed by atoms with Crippen molar-refractivity contribution in [3.63, 3.8) is 0 Å². The van der Waals surface area contributed by atoms with Crippen molar-refractivity contribution in [3.8, 4) is 0 Å². The molecule has 1 saturated heterocycles. The molecule has 0 radical (unpaired) electrons. The molecule has 4 bridgehead atoms. The van der Waals surface area contributed by atoms with Gasteiger partial charge in [0, 0.05) is 5.41 Å². The first kappa shape index (κ1) is 9.83. The molecule has 4 aliphatic carbocycles. The molecule has 0 atom stereocenters. The highest BCUT2D eigenvalue weighted by atomic mass is 17.4. The highest BCUT2D eigenvalue weighted by Gasteiger charge is 2.56. The summed E-state index contributed by atoms with van der Waals surface area (Å²) >= 11 is 0. The molecule has 0 aromatic rings. The zero-order valence-corrected chi connectivity index (χ0v) is 9.39. The standard InChI is InChI=1S/C12H18O4/c1-8-2-10-3-9(1)5-12(4-8,6-10)11-15-13-7-14-16-11/h8-11H,1-7H2. The maximum atomic E-state index is 5.32. The Labute approximate surface area is 95.0 Å². The average Bonchev–Trinajstić information content (AvgIpc) is 2.28. The van der Waals surface area contributed by atoms with Gasteiger partial charge in [-0.1, -0.05) is 0 Å². The smallest absolute Gasteiger partial charge is 0.202 e. The van der Waals surface area contributed by atoms with Crippen LogP contribution in [0.2, 0.25) is 0 Å². The van der Waals surface area contributed by atoms with E-state index in [-0.39, 0.29) is 18.5 Å². The normalized spacial score (nSPS) is 52.1. The lowest BCUT2D eigenvalue weighted by Gasteiger charge is -2.58. The van der Waals surface area contributed by atoms with Gasteiger partial charge in [0.25, 0.3) is 0 Å². The zero-order valence-electron chi connectivity index (χ0n) is 9.39. The minimum absolute atomic E-state index is 0.0862. The molecule has 0 unspecified atom stereocenters. The summed E-state index contributed by atoms with van der Waals surface area (Å²) in [5.41, 5.74) is 0.176. The summed E-state index contributed by atoms with van der Waals surface area (Å²) in [5, 5.41) is 0. The molecule has 4 saturated carbocycles. The lowest BCUT2D eigenvalue weighted by atomic mass is 9.49. The second-order valence-electron chi connectivity index (χ2n) is 6.16. The van der Waals surface area contributed by atoms with Gasteiger partial charge in [-0.3, -0.25) is 0 Å². The van der Waals surface area contributed by atoms with E-state index in [4.69, 9.17) is 19.6 Å². The lowest BCUT2D eigenvalue weighted by molar-refractivity contribution is -0.578. The van der Waals surface area contributed by atoms with E-state index in [2.05, 4.69) is 0 Å². The van der Waals surface area contributed by atoms with Crippen molar-refractivity contribution in [2.45, 2.75) is 44.8 Å². The molecule has 5 fully saturated rings. The van der Waals surface area contributed by atoms with Crippen LogP contribution in [0.5, 0.6) is 0 Å². The van der Waals surface area contributed by atoms with Gasteiger partial charge in [-0.15, -0.1) is 0 Å². The van der Waals surface area contributed by atoms with Gasteiger partial charge in [-0.25, -0.2) is 9.78 Å². The average molecular weight is 226 g/mol. The molecule has 16 heavy (non-hydrogen) atoms. The molecule has 0 amide bonds. The molecule has 5 rings (SSSR count). The molecule has 90 valence electrons. The zero-order chi connectivity index (χ0) is 10.6. The van der Waals surface area contributed by atoms with Gasteiger partial charge in [-0.2, -0.15) is 9.78 Å². The molecule has 0 aromatic heterocycles. The molecule has 5 aliphatic rings. The van der Waals surface area contributed by atoms with Gasteiger partial charge in [0.05, 0.1) is 0 Å². The van der Waals surface area contributed by atoms with Crippen molar-refractivity contribution in [2.75, 3.05) is 6.79 Å². The summed E-state index contributed by atoms with van der Waals surface area (Å²) in [6.45, 7) is 0.0862. The first-order valence-electron chi connectivity index (χ1n) is 6.41. The third kappa shape index (κ3) is 1.37. The van der Waals surface area contributed by atoms with E-state index in [1.54, 1.807) is 0 Å². The van der Waals surface area contributed by atoms with Crippen molar-refractivity contribution in [1.29, 1.82) is 0 Å². The Bertz CT molecular complexity index is 249. The van der Waals surface area contributed by atoms with Crippen LogP contribution < -0.4 is 0 Å². The van der Waals surface area contributed by atoms with Crippen LogP contribution in [-0.4, -0.2) is 13.1 Å². The maximum Gasteiger partial charge on any atom is 0.230 e. The van der Waals surface area contributed by atoms with Crippen LogP contribution in [-0.2, 0) is 19.6 Å². The Morgan fingerprint density at radius 3 is 1.75 bits per heavy atom. The SMILES string of the molecule is C1OOC(C23CC4CC(CC(C4)C2)C3)OO1. The summed E-state index contributed by atoms with van der Waals surface area (Å²) in [4.78, 5) is 20.5. The van der Waals surface area contributed by atoms with Crippen molar-refractivity contribution in [1.82, 2.24) is 0 Å². The van der Waals surface area contributed by atoms with Crippen molar-refractivity contribution in [2.24, 2.45) is 23.2 Å². The Morgan fingerprint density at radius 2 is 1.25 bits per heavy atom. The summed E-state index contributed by atoms with van der Waals surface area (Å²) in [6.07, 6.45) is 7.67. The summed E-state index contributed by atoms with van der Waals surface area (Å²) in [6, 6.07) is 0. The van der Waals surface area contributed by atoms with E-state index in [1.165, 1.54) is 38.5 Å². The quantitative estimate of drug-likeness (QED) is 0.643. The third-order valence-corrected chi connectivity index (χ3v) is 4.99. The van der Waals surface area contributed by atoms with Gasteiger partial charge in [0.2, 0.25) is 13.1 Å². The Morgan fingerprint density at radius 1 is 0.750 bits per heavy atom. The Balaban J connectivity index is 1.60. The van der Waals surface area contributed by atoms with Crippen molar-refractivity contribution < 1.29 is 19.6 Å². The van der Waals surface area contributed by atoms with Crippen LogP contribution in [0.3, 0.4) is 0 Å². The lowest BCUT2D eigenvalue weighted by Crippen LogP contribution is -2.54. The fourth-order valence-corrected chi connectivity index (χ4v) is 4.89. The second kappa shape index (κ2) is 3.42. The van der Waals surface area contributed by atoms with Gasteiger partial charge in [0.15, 0.2) is 0 Å². The number of hydrogen-bond acceptors (Lipinski definition) is 4. The fraction of sp³-hybridized carbons (Fsp3) is 1.00. The second-order valence-corrected chi connectivity index (χ2v) is 6.16. The topological polar surface area (TPSA) is 36.9 Å². The molecule has 0 spiro atoms. The molecule has 0 aromatic carbocycles. The van der Waals surface area contributed by atoms with E-state index in [1.807, 2.05) is 0 Å². The molecule has 1 aliphatic heterocycles. The Hall–Kier alpha value is -0.160. The summed E-state index contributed by atoms with van der Waals surface area (Å²) < 4.78 is 0. The minimum Gasteiger partial charge on any atom is -0.202 e. The number of hydrogen-bond donors (Lipinski definition) is 0. The van der Waals surface area contributed by atoms with Crippen molar-refractivity contribution in [3.05, 3.63) is 0 Å². The van der Waals surface area contributed by atoms with Gasteiger partial charge in [0.1, 0.15) is 0 Å².